The van der Waals surface area contributed by atoms with Crippen LogP contribution in [0.5, 0.6) is 5.75 Å². The Morgan fingerprint density at radius 2 is 1.81 bits per heavy atom. The molecule has 0 aliphatic heterocycles. The Balaban J connectivity index is 1.65. The van der Waals surface area contributed by atoms with Gasteiger partial charge in [-0.15, -0.1) is 0 Å². The lowest BCUT2D eigenvalue weighted by Gasteiger charge is -2.41. The van der Waals surface area contributed by atoms with Gasteiger partial charge in [-0.2, -0.15) is 0 Å². The Labute approximate surface area is 191 Å². The van der Waals surface area contributed by atoms with E-state index >= 15 is 0 Å². The minimum Gasteiger partial charge on any atom is -0.496 e. The first-order valence-corrected chi connectivity index (χ1v) is 12.0. The number of ether oxygens (including phenoxy) is 1. The summed E-state index contributed by atoms with van der Waals surface area (Å²) in [6.07, 6.45) is 8.98. The van der Waals surface area contributed by atoms with Crippen LogP contribution in [0.3, 0.4) is 0 Å². The number of hydrogen-bond donors (Lipinski definition) is 2. The van der Waals surface area contributed by atoms with Gasteiger partial charge in [0, 0.05) is 28.7 Å². The number of hydrogen-bond acceptors (Lipinski definition) is 2. The number of methoxy groups -OCH3 is 1. The molecule has 1 unspecified atom stereocenters. The zero-order valence-corrected chi connectivity index (χ0v) is 19.7. The molecule has 1 saturated carbocycles. The Kier molecular flexibility index (Phi) is 6.62. The topological polar surface area (TPSA) is 51.0 Å². The number of para-hydroxylation sites is 1. The summed E-state index contributed by atoms with van der Waals surface area (Å²) >= 11 is 0. The lowest BCUT2D eigenvalue weighted by atomic mass is 9.68. The highest BCUT2D eigenvalue weighted by atomic mass is 19.1. The van der Waals surface area contributed by atoms with Crippen LogP contribution in [0.15, 0.2) is 48.5 Å². The van der Waals surface area contributed by atoms with Crippen LogP contribution < -0.4 is 10.5 Å². The summed E-state index contributed by atoms with van der Waals surface area (Å²) in [6.45, 7) is 4.33. The first-order chi connectivity index (χ1) is 15.3. The quantitative estimate of drug-likeness (QED) is 0.404. The fourth-order valence-corrected chi connectivity index (χ4v) is 5.97. The molecule has 1 atom stereocenters. The van der Waals surface area contributed by atoms with Gasteiger partial charge in [0.05, 0.1) is 7.11 Å². The highest BCUT2D eigenvalue weighted by Gasteiger charge is 2.38. The number of nitrogens with one attached hydrogen (secondary N) is 1. The van der Waals surface area contributed by atoms with Gasteiger partial charge in [-0.3, -0.25) is 0 Å². The fourth-order valence-electron chi connectivity index (χ4n) is 5.97. The summed E-state index contributed by atoms with van der Waals surface area (Å²) in [7, 11) is 1.65. The largest absolute Gasteiger partial charge is 0.496 e. The molecule has 0 radical (unpaired) electrons. The zero-order valence-electron chi connectivity index (χ0n) is 19.7. The highest BCUT2D eigenvalue weighted by Crippen LogP contribution is 2.42. The lowest BCUT2D eigenvalue weighted by Crippen LogP contribution is -2.48. The molecule has 0 bridgehead atoms. The molecule has 3 nitrogen and oxygen atoms in total. The average molecular weight is 437 g/mol. The summed E-state index contributed by atoms with van der Waals surface area (Å²) in [4.78, 5) is 3.58. The van der Waals surface area contributed by atoms with Gasteiger partial charge in [-0.1, -0.05) is 64.2 Å². The van der Waals surface area contributed by atoms with Crippen molar-refractivity contribution < 1.29 is 9.13 Å². The molecule has 1 aliphatic rings. The van der Waals surface area contributed by atoms with E-state index in [2.05, 4.69) is 49.2 Å². The van der Waals surface area contributed by atoms with Gasteiger partial charge in [0.25, 0.3) is 0 Å². The molecule has 1 fully saturated rings. The van der Waals surface area contributed by atoms with Crippen molar-refractivity contribution in [1.29, 1.82) is 0 Å². The van der Waals surface area contributed by atoms with E-state index in [1.807, 2.05) is 0 Å². The van der Waals surface area contributed by atoms with Gasteiger partial charge in [-0.05, 0) is 59.9 Å². The molecule has 1 aliphatic carbocycles. The third-order valence-corrected chi connectivity index (χ3v) is 7.23. The van der Waals surface area contributed by atoms with Crippen LogP contribution in [-0.4, -0.2) is 17.6 Å². The molecule has 172 valence electrons. The second-order valence-corrected chi connectivity index (χ2v) is 10.5. The van der Waals surface area contributed by atoms with Crippen molar-refractivity contribution >= 4 is 10.9 Å². The van der Waals surface area contributed by atoms with Crippen LogP contribution in [0.2, 0.25) is 0 Å². The van der Waals surface area contributed by atoms with E-state index in [0.717, 1.165) is 36.1 Å². The second-order valence-electron chi connectivity index (χ2n) is 10.5. The lowest BCUT2D eigenvalue weighted by molar-refractivity contribution is 0.211. The van der Waals surface area contributed by atoms with Crippen molar-refractivity contribution in [1.82, 2.24) is 4.98 Å². The van der Waals surface area contributed by atoms with E-state index in [1.54, 1.807) is 19.2 Å². The molecule has 3 N–H and O–H groups in total. The summed E-state index contributed by atoms with van der Waals surface area (Å²) in [5.74, 6) is 1.14. The minimum atomic E-state index is -0.399. The summed E-state index contributed by atoms with van der Waals surface area (Å²) in [6, 6.07) is 15.4. The SMILES string of the molecule is COc1ccc(F)cc1C(C)(C)CC(N)(Cc1cc2ccccc2[nH]1)CC1CCCCC1. The highest BCUT2D eigenvalue weighted by molar-refractivity contribution is 5.80. The Morgan fingerprint density at radius 3 is 2.53 bits per heavy atom. The van der Waals surface area contributed by atoms with Gasteiger partial charge in [0.2, 0.25) is 0 Å². The number of aromatic nitrogens is 1. The van der Waals surface area contributed by atoms with Crippen molar-refractivity contribution in [2.75, 3.05) is 7.11 Å². The smallest absolute Gasteiger partial charge is 0.123 e. The summed E-state index contributed by atoms with van der Waals surface area (Å²) in [5, 5.41) is 1.22. The van der Waals surface area contributed by atoms with Crippen molar-refractivity contribution in [3.63, 3.8) is 0 Å². The maximum Gasteiger partial charge on any atom is 0.123 e. The number of halogens is 1. The molecule has 0 spiro atoms. The van der Waals surface area contributed by atoms with Crippen LogP contribution in [0, 0.1) is 11.7 Å². The third-order valence-electron chi connectivity index (χ3n) is 7.23. The van der Waals surface area contributed by atoms with E-state index in [1.165, 1.54) is 49.3 Å². The summed E-state index contributed by atoms with van der Waals surface area (Å²) < 4.78 is 19.8. The van der Waals surface area contributed by atoms with Crippen LogP contribution in [0.4, 0.5) is 4.39 Å². The van der Waals surface area contributed by atoms with E-state index in [4.69, 9.17) is 10.5 Å². The predicted octanol–water partition coefficient (Wildman–Crippen LogP) is 6.89. The molecule has 0 amide bonds. The van der Waals surface area contributed by atoms with Crippen molar-refractivity contribution in [3.05, 3.63) is 65.6 Å². The number of nitrogens with two attached hydrogens (primary N) is 1. The van der Waals surface area contributed by atoms with Crippen molar-refractivity contribution in [3.8, 4) is 5.75 Å². The molecule has 2 aromatic carbocycles. The molecular formula is C28H37FN2O. The molecule has 32 heavy (non-hydrogen) atoms. The van der Waals surface area contributed by atoms with Crippen LogP contribution in [-0.2, 0) is 11.8 Å². The second kappa shape index (κ2) is 9.27. The van der Waals surface area contributed by atoms with Crippen molar-refractivity contribution in [2.45, 2.75) is 76.2 Å². The first kappa shape index (κ1) is 22.8. The molecule has 1 heterocycles. The van der Waals surface area contributed by atoms with E-state index < -0.39 is 5.54 Å². The van der Waals surface area contributed by atoms with Gasteiger partial charge < -0.3 is 15.5 Å². The average Bonchev–Trinajstić information content (AvgIpc) is 3.15. The molecule has 4 heteroatoms. The van der Waals surface area contributed by atoms with Gasteiger partial charge in [-0.25, -0.2) is 4.39 Å². The number of H-pyrrole nitrogens is 1. The zero-order chi connectivity index (χ0) is 22.8. The molecule has 4 rings (SSSR count). The van der Waals surface area contributed by atoms with Crippen LogP contribution in [0.25, 0.3) is 10.9 Å². The number of fused-ring (bicyclic) bond motifs is 1. The molecule has 1 aromatic heterocycles. The maximum absolute atomic E-state index is 14.2. The molecule has 0 saturated heterocycles. The number of rotatable bonds is 8. The molecular weight excluding hydrogens is 399 g/mol. The maximum atomic E-state index is 14.2. The Morgan fingerprint density at radius 1 is 1.06 bits per heavy atom. The Bertz CT molecular complexity index is 1020. The van der Waals surface area contributed by atoms with Gasteiger partial charge in [0.1, 0.15) is 11.6 Å². The monoisotopic (exact) mass is 436 g/mol. The van der Waals surface area contributed by atoms with Crippen LogP contribution >= 0.6 is 0 Å². The van der Waals surface area contributed by atoms with E-state index in [9.17, 15) is 4.39 Å². The van der Waals surface area contributed by atoms with Gasteiger partial charge in [0.15, 0.2) is 0 Å². The minimum absolute atomic E-state index is 0.237. The summed E-state index contributed by atoms with van der Waals surface area (Å²) in [5.41, 5.74) is 9.76. The third kappa shape index (κ3) is 5.17. The Hall–Kier alpha value is -2.33. The van der Waals surface area contributed by atoms with Gasteiger partial charge >= 0.3 is 0 Å². The van der Waals surface area contributed by atoms with E-state index in [-0.39, 0.29) is 11.2 Å². The van der Waals surface area contributed by atoms with Crippen molar-refractivity contribution in [2.24, 2.45) is 11.7 Å². The first-order valence-electron chi connectivity index (χ1n) is 12.0. The predicted molar refractivity (Wildman–Crippen MR) is 131 cm³/mol. The standard InChI is InChI=1S/C28H37FN2O/c1-27(2,24-16-22(29)13-14-26(24)32-3)19-28(30,17-20-9-5-4-6-10-20)18-23-15-21-11-7-8-12-25(21)31-23/h7-8,11-16,20,31H,4-6,9-10,17-19,30H2,1-3H3. The van der Waals surface area contributed by atoms with Crippen LogP contribution in [0.1, 0.15) is 70.1 Å². The fraction of sp³-hybridized carbons (Fsp3) is 0.500. The molecule has 3 aromatic rings. The number of aromatic amines is 1. The van der Waals surface area contributed by atoms with E-state index in [0.29, 0.717) is 5.92 Å². The number of benzene rings is 2. The normalized spacial score (nSPS) is 17.4.